The number of benzene rings is 1. The zero-order valence-electron chi connectivity index (χ0n) is 11.2. The largest absolute Gasteiger partial charge is 0.272 e. The lowest BCUT2D eigenvalue weighted by atomic mass is 9.87. The molecule has 0 saturated heterocycles. The monoisotopic (exact) mass is 292 g/mol. The zero-order valence-corrected chi connectivity index (χ0v) is 12.1. The molecule has 1 aromatic carbocycles. The summed E-state index contributed by atoms with van der Waals surface area (Å²) in [6.45, 7) is 0. The molecule has 0 radical (unpaired) electrons. The molecule has 1 heterocycles. The summed E-state index contributed by atoms with van der Waals surface area (Å²) in [7, 11) is -3.22. The van der Waals surface area contributed by atoms with Gasteiger partial charge in [0.1, 0.15) is 0 Å². The van der Waals surface area contributed by atoms with Crippen molar-refractivity contribution in [3.8, 4) is 0 Å². The van der Waals surface area contributed by atoms with E-state index >= 15 is 0 Å². The lowest BCUT2D eigenvalue weighted by Crippen LogP contribution is -2.28. The van der Waals surface area contributed by atoms with Gasteiger partial charge >= 0.3 is 0 Å². The summed E-state index contributed by atoms with van der Waals surface area (Å²) in [5, 5.41) is 5.82. The highest BCUT2D eigenvalue weighted by atomic mass is 32.2. The Labute approximate surface area is 118 Å². The lowest BCUT2D eigenvalue weighted by Gasteiger charge is -2.17. The van der Waals surface area contributed by atoms with Gasteiger partial charge in [-0.15, -0.1) is 0 Å². The van der Waals surface area contributed by atoms with Gasteiger partial charge in [0, 0.05) is 6.26 Å². The number of sulfone groups is 1. The van der Waals surface area contributed by atoms with E-state index in [-0.39, 0.29) is 16.7 Å². The van der Waals surface area contributed by atoms with E-state index in [2.05, 4.69) is 5.10 Å². The van der Waals surface area contributed by atoms with Gasteiger partial charge in [-0.2, -0.15) is 5.10 Å². The molecule has 1 atom stereocenters. The molecule has 0 bridgehead atoms. The number of anilines is 1. The average molecular weight is 292 g/mol. The maximum Gasteiger partial charge on any atom is 0.256 e. The Morgan fingerprint density at radius 2 is 1.90 bits per heavy atom. The number of hydrogen-bond donors (Lipinski definition) is 0. The minimum absolute atomic E-state index is 0.00630. The normalized spacial score (nSPS) is 22.6. The Morgan fingerprint density at radius 1 is 1.20 bits per heavy atom. The number of fused-ring (bicyclic) bond motifs is 1. The van der Waals surface area contributed by atoms with E-state index in [1.807, 2.05) is 0 Å². The fourth-order valence-electron chi connectivity index (χ4n) is 2.73. The molecule has 0 aromatic heterocycles. The van der Waals surface area contributed by atoms with E-state index in [4.69, 9.17) is 0 Å². The number of amides is 1. The van der Waals surface area contributed by atoms with Crippen molar-refractivity contribution in [1.29, 1.82) is 0 Å². The highest BCUT2D eigenvalue weighted by molar-refractivity contribution is 7.90. The van der Waals surface area contributed by atoms with Crippen LogP contribution in [-0.2, 0) is 14.6 Å². The predicted octanol–water partition coefficient (Wildman–Crippen LogP) is 1.98. The van der Waals surface area contributed by atoms with Gasteiger partial charge in [-0.1, -0.05) is 6.42 Å². The summed E-state index contributed by atoms with van der Waals surface area (Å²) >= 11 is 0. The van der Waals surface area contributed by atoms with Gasteiger partial charge in [0.05, 0.1) is 22.2 Å². The van der Waals surface area contributed by atoms with Crippen LogP contribution in [-0.4, -0.2) is 26.3 Å². The van der Waals surface area contributed by atoms with Gasteiger partial charge in [0.25, 0.3) is 5.91 Å². The van der Waals surface area contributed by atoms with Crippen molar-refractivity contribution in [1.82, 2.24) is 0 Å². The molecule has 106 valence electrons. The third-order valence-corrected chi connectivity index (χ3v) is 4.95. The highest BCUT2D eigenvalue weighted by Crippen LogP contribution is 2.32. The summed E-state index contributed by atoms with van der Waals surface area (Å²) in [4.78, 5) is 12.6. The van der Waals surface area contributed by atoms with Crippen molar-refractivity contribution in [2.75, 3.05) is 11.3 Å². The Bertz CT molecular complexity index is 677. The standard InChI is InChI=1S/C14H16N2O3S/c1-20(18,19)11-8-6-10(7-9-11)16-14(17)12-4-2-3-5-13(12)15-16/h6-9,12H,2-5H2,1H3. The molecule has 1 fully saturated rings. The first-order valence-corrected chi connectivity index (χ1v) is 8.57. The van der Waals surface area contributed by atoms with Gasteiger partial charge in [-0.05, 0) is 43.5 Å². The molecule has 1 aliphatic carbocycles. The second-order valence-corrected chi connectivity index (χ2v) is 7.32. The van der Waals surface area contributed by atoms with Crippen LogP contribution < -0.4 is 5.01 Å². The molecule has 20 heavy (non-hydrogen) atoms. The maximum atomic E-state index is 12.3. The van der Waals surface area contributed by atoms with Gasteiger partial charge in [0.15, 0.2) is 9.84 Å². The van der Waals surface area contributed by atoms with Crippen LogP contribution in [0.25, 0.3) is 0 Å². The fourth-order valence-corrected chi connectivity index (χ4v) is 3.36. The number of hydrazone groups is 1. The molecular formula is C14H16N2O3S. The molecule has 1 amide bonds. The van der Waals surface area contributed by atoms with Crippen molar-refractivity contribution in [2.45, 2.75) is 30.6 Å². The second-order valence-electron chi connectivity index (χ2n) is 5.31. The van der Waals surface area contributed by atoms with Gasteiger partial charge < -0.3 is 0 Å². The smallest absolute Gasteiger partial charge is 0.256 e. The molecule has 6 heteroatoms. The van der Waals surface area contributed by atoms with Gasteiger partial charge in [0.2, 0.25) is 0 Å². The number of nitrogens with zero attached hydrogens (tertiary/aromatic N) is 2. The predicted molar refractivity (Wildman–Crippen MR) is 76.4 cm³/mol. The molecule has 3 rings (SSSR count). The quantitative estimate of drug-likeness (QED) is 0.837. The average Bonchev–Trinajstić information content (AvgIpc) is 2.76. The van der Waals surface area contributed by atoms with Gasteiger partial charge in [-0.3, -0.25) is 4.79 Å². The lowest BCUT2D eigenvalue weighted by molar-refractivity contribution is -0.120. The Balaban J connectivity index is 1.90. The summed E-state index contributed by atoms with van der Waals surface area (Å²) in [6, 6.07) is 6.30. The number of hydrogen-bond acceptors (Lipinski definition) is 4. The highest BCUT2D eigenvalue weighted by Gasteiger charge is 2.37. The number of rotatable bonds is 2. The van der Waals surface area contributed by atoms with Crippen LogP contribution in [0.1, 0.15) is 25.7 Å². The van der Waals surface area contributed by atoms with Gasteiger partial charge in [-0.25, -0.2) is 13.4 Å². The van der Waals surface area contributed by atoms with Crippen molar-refractivity contribution < 1.29 is 13.2 Å². The first kappa shape index (κ1) is 13.3. The third kappa shape index (κ3) is 2.24. The SMILES string of the molecule is CS(=O)(=O)c1ccc(N2N=C3CCCCC3C2=O)cc1. The topological polar surface area (TPSA) is 66.8 Å². The summed E-state index contributed by atoms with van der Waals surface area (Å²) in [6.07, 6.45) is 5.07. The van der Waals surface area contributed by atoms with E-state index < -0.39 is 9.84 Å². The molecule has 2 aliphatic rings. The van der Waals surface area contributed by atoms with E-state index in [9.17, 15) is 13.2 Å². The molecule has 1 aromatic rings. The Morgan fingerprint density at radius 3 is 2.50 bits per heavy atom. The Kier molecular flexibility index (Phi) is 3.12. The third-order valence-electron chi connectivity index (χ3n) is 3.82. The maximum absolute atomic E-state index is 12.3. The molecule has 5 nitrogen and oxygen atoms in total. The Hall–Kier alpha value is -1.69. The minimum atomic E-state index is -3.22. The van der Waals surface area contributed by atoms with E-state index in [0.29, 0.717) is 5.69 Å². The number of carbonyl (C=O) groups excluding carboxylic acids is 1. The van der Waals surface area contributed by atoms with Crippen molar-refractivity contribution in [3.63, 3.8) is 0 Å². The van der Waals surface area contributed by atoms with Crippen LogP contribution in [0.15, 0.2) is 34.3 Å². The van der Waals surface area contributed by atoms with Crippen LogP contribution in [0.4, 0.5) is 5.69 Å². The second kappa shape index (κ2) is 4.70. The zero-order chi connectivity index (χ0) is 14.3. The first-order chi connectivity index (χ1) is 9.47. The van der Waals surface area contributed by atoms with E-state index in [0.717, 1.165) is 37.7 Å². The van der Waals surface area contributed by atoms with Crippen molar-refractivity contribution >= 4 is 27.1 Å². The van der Waals surface area contributed by atoms with Crippen LogP contribution >= 0.6 is 0 Å². The van der Waals surface area contributed by atoms with Crippen molar-refractivity contribution in [3.05, 3.63) is 24.3 Å². The fraction of sp³-hybridized carbons (Fsp3) is 0.429. The van der Waals surface area contributed by atoms with Crippen LogP contribution in [0.5, 0.6) is 0 Å². The summed E-state index contributed by atoms with van der Waals surface area (Å²) < 4.78 is 22.9. The molecule has 1 unspecified atom stereocenters. The molecular weight excluding hydrogens is 276 g/mol. The summed E-state index contributed by atoms with van der Waals surface area (Å²) in [5.41, 5.74) is 1.60. The van der Waals surface area contributed by atoms with Crippen molar-refractivity contribution in [2.24, 2.45) is 11.0 Å². The molecule has 1 saturated carbocycles. The van der Waals surface area contributed by atoms with E-state index in [1.54, 1.807) is 12.1 Å². The molecule has 1 aliphatic heterocycles. The molecule has 0 N–H and O–H groups in total. The van der Waals surface area contributed by atoms with Crippen LogP contribution in [0.3, 0.4) is 0 Å². The minimum Gasteiger partial charge on any atom is -0.272 e. The molecule has 0 spiro atoms. The first-order valence-electron chi connectivity index (χ1n) is 6.68. The van der Waals surface area contributed by atoms with Crippen LogP contribution in [0.2, 0.25) is 0 Å². The summed E-state index contributed by atoms with van der Waals surface area (Å²) in [5.74, 6) is -0.0647. The number of carbonyl (C=O) groups is 1. The van der Waals surface area contributed by atoms with Crippen LogP contribution in [0, 0.1) is 5.92 Å². The van der Waals surface area contributed by atoms with E-state index in [1.165, 1.54) is 17.1 Å².